The first-order valence-electron chi connectivity index (χ1n) is 3.24. The van der Waals surface area contributed by atoms with E-state index in [0.29, 0.717) is 5.25 Å². The lowest BCUT2D eigenvalue weighted by molar-refractivity contribution is 0.0314. The summed E-state index contributed by atoms with van der Waals surface area (Å²) in [6.45, 7) is 2.03. The van der Waals surface area contributed by atoms with Crippen molar-refractivity contribution in [2.75, 3.05) is 5.75 Å². The van der Waals surface area contributed by atoms with Crippen molar-refractivity contribution >= 4 is 11.8 Å². The van der Waals surface area contributed by atoms with Gasteiger partial charge in [-0.3, -0.25) is 0 Å². The van der Waals surface area contributed by atoms with Crippen LogP contribution in [0.1, 0.15) is 6.92 Å². The molecule has 9 heavy (non-hydrogen) atoms. The Bertz CT molecular complexity index is 128. The average Bonchev–Trinajstić information content (AvgIpc) is 2.25. The number of aliphatic hydroxyl groups excluding tert-OH is 1. The van der Waals surface area contributed by atoms with Crippen LogP contribution < -0.4 is 0 Å². The second kappa shape index (κ2) is 1.87. The van der Waals surface area contributed by atoms with Gasteiger partial charge in [-0.2, -0.15) is 11.8 Å². The molecule has 0 aliphatic carbocycles. The lowest BCUT2D eigenvalue weighted by atomic mass is 10.2. The highest BCUT2D eigenvalue weighted by atomic mass is 32.2. The third kappa shape index (κ3) is 0.719. The second-order valence-electron chi connectivity index (χ2n) is 2.67. The molecule has 0 radical (unpaired) electrons. The zero-order chi connectivity index (χ0) is 6.43. The summed E-state index contributed by atoms with van der Waals surface area (Å²) in [6, 6.07) is 0. The smallest absolute Gasteiger partial charge is 0.0953 e. The lowest BCUT2D eigenvalue weighted by Crippen LogP contribution is -2.21. The van der Waals surface area contributed by atoms with Crippen LogP contribution in [0, 0.1) is 0 Å². The van der Waals surface area contributed by atoms with Gasteiger partial charge in [0.15, 0.2) is 0 Å². The summed E-state index contributed by atoms with van der Waals surface area (Å²) in [7, 11) is 0. The molecule has 2 bridgehead atoms. The minimum atomic E-state index is -0.190. The van der Waals surface area contributed by atoms with Crippen molar-refractivity contribution in [2.24, 2.45) is 0 Å². The van der Waals surface area contributed by atoms with Crippen LogP contribution >= 0.6 is 11.8 Å². The molecule has 2 aliphatic rings. The fourth-order valence-corrected chi connectivity index (χ4v) is 2.90. The summed E-state index contributed by atoms with van der Waals surface area (Å²) in [5, 5.41) is 9.71. The number of rotatable bonds is 0. The summed E-state index contributed by atoms with van der Waals surface area (Å²) in [6.07, 6.45) is 0.212. The van der Waals surface area contributed by atoms with Crippen LogP contribution in [-0.4, -0.2) is 34.4 Å². The van der Waals surface area contributed by atoms with Gasteiger partial charge in [0.1, 0.15) is 0 Å². The quantitative estimate of drug-likeness (QED) is 0.531. The van der Waals surface area contributed by atoms with Crippen LogP contribution in [0.25, 0.3) is 0 Å². The molecule has 2 rings (SSSR count). The zero-order valence-corrected chi connectivity index (χ0v) is 6.10. The van der Waals surface area contributed by atoms with E-state index in [4.69, 9.17) is 4.74 Å². The van der Waals surface area contributed by atoms with Gasteiger partial charge in [0.2, 0.25) is 0 Å². The molecule has 1 N–H and O–H groups in total. The Balaban J connectivity index is 2.16. The van der Waals surface area contributed by atoms with E-state index in [-0.39, 0.29) is 18.3 Å². The Morgan fingerprint density at radius 1 is 1.67 bits per heavy atom. The topological polar surface area (TPSA) is 29.5 Å². The van der Waals surface area contributed by atoms with Gasteiger partial charge in [-0.25, -0.2) is 0 Å². The van der Waals surface area contributed by atoms with Gasteiger partial charge in [0.05, 0.1) is 23.6 Å². The van der Waals surface area contributed by atoms with Gasteiger partial charge >= 0.3 is 0 Å². The number of thioether (sulfide) groups is 1. The Kier molecular flexibility index (Phi) is 1.25. The summed E-state index contributed by atoms with van der Waals surface area (Å²) >= 11 is 1.83. The maximum Gasteiger partial charge on any atom is 0.0953 e. The molecule has 4 atom stereocenters. The standard InChI is InChI=1S/C6H10O2S/c1-3-6-5(7)4(8-3)2-9-6/h3-7H,2H2,1H3. The van der Waals surface area contributed by atoms with Crippen LogP contribution in [0.4, 0.5) is 0 Å². The first kappa shape index (κ1) is 6.01. The van der Waals surface area contributed by atoms with E-state index in [1.807, 2.05) is 18.7 Å². The van der Waals surface area contributed by atoms with E-state index in [1.165, 1.54) is 0 Å². The highest BCUT2D eigenvalue weighted by molar-refractivity contribution is 8.00. The van der Waals surface area contributed by atoms with Crippen molar-refractivity contribution < 1.29 is 9.84 Å². The van der Waals surface area contributed by atoms with E-state index in [0.717, 1.165) is 5.75 Å². The van der Waals surface area contributed by atoms with Gasteiger partial charge < -0.3 is 9.84 Å². The molecule has 0 saturated carbocycles. The Morgan fingerprint density at radius 3 is 2.67 bits per heavy atom. The largest absolute Gasteiger partial charge is 0.389 e. The van der Waals surface area contributed by atoms with Gasteiger partial charge in [-0.05, 0) is 6.92 Å². The zero-order valence-electron chi connectivity index (χ0n) is 5.28. The highest BCUT2D eigenvalue weighted by Gasteiger charge is 2.47. The first-order valence-corrected chi connectivity index (χ1v) is 4.29. The van der Waals surface area contributed by atoms with Gasteiger partial charge in [0, 0.05) is 5.75 Å². The molecule has 0 spiro atoms. The lowest BCUT2D eigenvalue weighted by Gasteiger charge is -2.15. The monoisotopic (exact) mass is 146 g/mol. The van der Waals surface area contributed by atoms with Crippen LogP contribution in [-0.2, 0) is 4.74 Å². The molecule has 2 heterocycles. The number of hydrogen-bond acceptors (Lipinski definition) is 3. The summed E-state index contributed by atoms with van der Waals surface area (Å²) in [5.41, 5.74) is 0. The van der Waals surface area contributed by atoms with E-state index in [1.54, 1.807) is 0 Å². The van der Waals surface area contributed by atoms with Crippen molar-refractivity contribution in [3.63, 3.8) is 0 Å². The maximum absolute atomic E-state index is 9.35. The fourth-order valence-electron chi connectivity index (χ4n) is 1.50. The third-order valence-corrected chi connectivity index (χ3v) is 3.59. The first-order chi connectivity index (χ1) is 4.29. The van der Waals surface area contributed by atoms with Gasteiger partial charge in [0.25, 0.3) is 0 Å². The number of ether oxygens (including phenoxy) is 1. The molecule has 0 amide bonds. The van der Waals surface area contributed by atoms with E-state index < -0.39 is 0 Å². The maximum atomic E-state index is 9.35. The van der Waals surface area contributed by atoms with Crippen molar-refractivity contribution in [1.29, 1.82) is 0 Å². The van der Waals surface area contributed by atoms with E-state index in [2.05, 4.69) is 0 Å². The van der Waals surface area contributed by atoms with Crippen LogP contribution in [0.3, 0.4) is 0 Å². The molecule has 3 heteroatoms. The Labute approximate surface area is 58.6 Å². The molecule has 0 aromatic carbocycles. The molecular formula is C6H10O2S. The summed E-state index contributed by atoms with van der Waals surface area (Å²) in [4.78, 5) is 0. The average molecular weight is 146 g/mol. The molecule has 2 fully saturated rings. The Hall–Kier alpha value is 0.270. The third-order valence-electron chi connectivity index (χ3n) is 2.02. The molecule has 2 nitrogen and oxygen atoms in total. The van der Waals surface area contributed by atoms with Crippen molar-refractivity contribution in [3.05, 3.63) is 0 Å². The van der Waals surface area contributed by atoms with Crippen molar-refractivity contribution in [3.8, 4) is 0 Å². The van der Waals surface area contributed by atoms with Crippen LogP contribution in [0.2, 0.25) is 0 Å². The minimum Gasteiger partial charge on any atom is -0.389 e. The molecule has 0 aromatic heterocycles. The van der Waals surface area contributed by atoms with Crippen LogP contribution in [0.15, 0.2) is 0 Å². The molecule has 4 unspecified atom stereocenters. The highest BCUT2D eigenvalue weighted by Crippen LogP contribution is 2.39. The number of hydrogen-bond donors (Lipinski definition) is 1. The predicted molar refractivity (Wildman–Crippen MR) is 36.6 cm³/mol. The minimum absolute atomic E-state index is 0.134. The molecule has 2 aliphatic heterocycles. The van der Waals surface area contributed by atoms with Crippen LogP contribution in [0.5, 0.6) is 0 Å². The molecule has 2 saturated heterocycles. The number of fused-ring (bicyclic) bond motifs is 2. The van der Waals surface area contributed by atoms with Gasteiger partial charge in [-0.15, -0.1) is 0 Å². The summed E-state index contributed by atoms with van der Waals surface area (Å²) in [5.74, 6) is 0.982. The summed E-state index contributed by atoms with van der Waals surface area (Å²) < 4.78 is 5.40. The van der Waals surface area contributed by atoms with Crippen molar-refractivity contribution in [1.82, 2.24) is 0 Å². The van der Waals surface area contributed by atoms with Gasteiger partial charge in [-0.1, -0.05) is 0 Å². The Morgan fingerprint density at radius 2 is 2.44 bits per heavy atom. The predicted octanol–water partition coefficient (Wildman–Crippen LogP) is 0.250. The molecule has 52 valence electrons. The van der Waals surface area contributed by atoms with Crippen molar-refractivity contribution in [2.45, 2.75) is 30.5 Å². The van der Waals surface area contributed by atoms with E-state index >= 15 is 0 Å². The molecular weight excluding hydrogens is 136 g/mol. The van der Waals surface area contributed by atoms with E-state index in [9.17, 15) is 5.11 Å². The SMILES string of the molecule is CC1OC2CSC1C2O. The normalized spacial score (nSPS) is 56.7. The fraction of sp³-hybridized carbons (Fsp3) is 1.00. The second-order valence-corrected chi connectivity index (χ2v) is 3.88. The molecule has 0 aromatic rings. The number of aliphatic hydroxyl groups is 1.